The Morgan fingerprint density at radius 2 is 1.81 bits per heavy atom. The van der Waals surface area contributed by atoms with Gasteiger partial charge in [-0.2, -0.15) is 10.2 Å². The van der Waals surface area contributed by atoms with E-state index in [9.17, 15) is 0 Å². The molecule has 0 bridgehead atoms. The van der Waals surface area contributed by atoms with Gasteiger partial charge in [0, 0.05) is 25.9 Å². The minimum absolute atomic E-state index is 0.669. The molecule has 2 aromatic heterocycles. The van der Waals surface area contributed by atoms with Crippen molar-refractivity contribution in [3.8, 4) is 22.4 Å². The Morgan fingerprint density at radius 1 is 1.10 bits per heavy atom. The van der Waals surface area contributed by atoms with Gasteiger partial charge in [0.05, 0.1) is 11.3 Å². The molecule has 3 rings (SSSR count). The van der Waals surface area contributed by atoms with Gasteiger partial charge in [0.1, 0.15) is 11.5 Å². The van der Waals surface area contributed by atoms with E-state index in [2.05, 4.69) is 29.3 Å². The molecule has 108 valence electrons. The number of anilines is 1. The maximum absolute atomic E-state index is 6.24. The molecule has 0 fully saturated rings. The summed E-state index contributed by atoms with van der Waals surface area (Å²) in [6.45, 7) is 2.10. The second-order valence-corrected chi connectivity index (χ2v) is 5.12. The van der Waals surface area contributed by atoms with Gasteiger partial charge in [0.25, 0.3) is 0 Å². The summed E-state index contributed by atoms with van der Waals surface area (Å²) in [6.07, 6.45) is 2.87. The molecule has 0 aliphatic rings. The van der Waals surface area contributed by atoms with E-state index < -0.39 is 0 Å². The predicted molar refractivity (Wildman–Crippen MR) is 84.6 cm³/mol. The quantitative estimate of drug-likeness (QED) is 0.802. The number of hydrogen-bond acceptors (Lipinski definition) is 3. The lowest BCUT2D eigenvalue weighted by Gasteiger charge is -2.03. The molecule has 0 amide bonds. The minimum atomic E-state index is 0.669. The lowest BCUT2D eigenvalue weighted by atomic mass is 10.0. The molecule has 0 saturated heterocycles. The monoisotopic (exact) mass is 281 g/mol. The molecule has 0 aliphatic heterocycles. The van der Waals surface area contributed by atoms with Crippen LogP contribution in [-0.2, 0) is 20.5 Å². The molecule has 2 N–H and O–H groups in total. The van der Waals surface area contributed by atoms with Gasteiger partial charge in [0.2, 0.25) is 0 Å². The number of benzene rings is 1. The van der Waals surface area contributed by atoms with E-state index in [4.69, 9.17) is 5.73 Å². The van der Waals surface area contributed by atoms with Gasteiger partial charge in [-0.15, -0.1) is 0 Å². The molecule has 0 atom stereocenters. The maximum atomic E-state index is 6.24. The van der Waals surface area contributed by atoms with E-state index in [0.717, 1.165) is 34.5 Å². The van der Waals surface area contributed by atoms with Crippen LogP contribution in [0.1, 0.15) is 12.6 Å². The summed E-state index contributed by atoms with van der Waals surface area (Å²) in [5.74, 6) is 0.669. The van der Waals surface area contributed by atoms with Crippen molar-refractivity contribution in [2.75, 3.05) is 5.73 Å². The molecule has 21 heavy (non-hydrogen) atoms. The first-order valence-electron chi connectivity index (χ1n) is 7.02. The summed E-state index contributed by atoms with van der Waals surface area (Å²) in [6, 6.07) is 10.1. The number of hydrogen-bond donors (Lipinski definition) is 1. The van der Waals surface area contributed by atoms with E-state index in [1.165, 1.54) is 0 Å². The normalized spacial score (nSPS) is 11.0. The molecule has 3 aromatic rings. The molecule has 5 heteroatoms. The number of nitrogen functional groups attached to an aromatic ring is 1. The van der Waals surface area contributed by atoms with Crippen LogP contribution < -0.4 is 5.73 Å². The molecule has 1 aromatic carbocycles. The van der Waals surface area contributed by atoms with Gasteiger partial charge in [-0.25, -0.2) is 0 Å². The molecule has 0 radical (unpaired) electrons. The SMILES string of the molecule is CCc1nn(C)cc1-c1nn(C)c(N)c1-c1ccccc1. The van der Waals surface area contributed by atoms with E-state index in [1.54, 1.807) is 4.68 Å². The van der Waals surface area contributed by atoms with Crippen molar-refractivity contribution in [1.29, 1.82) is 0 Å². The average Bonchev–Trinajstić information content (AvgIpc) is 3.01. The van der Waals surface area contributed by atoms with Crippen LogP contribution in [0.15, 0.2) is 36.5 Å². The standard InChI is InChI=1S/C16H19N5/c1-4-13-12(10-20(2)18-13)15-14(16(17)21(3)19-15)11-8-6-5-7-9-11/h5-10H,4,17H2,1-3H3. The van der Waals surface area contributed by atoms with Crippen molar-refractivity contribution in [1.82, 2.24) is 19.6 Å². The van der Waals surface area contributed by atoms with Crippen molar-refractivity contribution in [3.63, 3.8) is 0 Å². The van der Waals surface area contributed by atoms with Gasteiger partial charge in [0.15, 0.2) is 0 Å². The fourth-order valence-corrected chi connectivity index (χ4v) is 2.61. The molecular formula is C16H19N5. The first-order valence-corrected chi connectivity index (χ1v) is 7.02. The number of aromatic nitrogens is 4. The Hall–Kier alpha value is -2.56. The highest BCUT2D eigenvalue weighted by Crippen LogP contribution is 2.36. The van der Waals surface area contributed by atoms with Crippen molar-refractivity contribution < 1.29 is 0 Å². The molecule has 0 aliphatic carbocycles. The minimum Gasteiger partial charge on any atom is -0.383 e. The van der Waals surface area contributed by atoms with Crippen LogP contribution in [0, 0.1) is 0 Å². The highest BCUT2D eigenvalue weighted by Gasteiger charge is 2.20. The number of aryl methyl sites for hydroxylation is 3. The van der Waals surface area contributed by atoms with Crippen molar-refractivity contribution in [2.45, 2.75) is 13.3 Å². The molecular weight excluding hydrogens is 262 g/mol. The Morgan fingerprint density at radius 3 is 2.48 bits per heavy atom. The lowest BCUT2D eigenvalue weighted by Crippen LogP contribution is -1.97. The zero-order valence-electron chi connectivity index (χ0n) is 12.5. The Balaban J connectivity index is 2.27. The van der Waals surface area contributed by atoms with Crippen LogP contribution in [0.25, 0.3) is 22.4 Å². The molecule has 0 unspecified atom stereocenters. The van der Waals surface area contributed by atoms with E-state index >= 15 is 0 Å². The average molecular weight is 281 g/mol. The van der Waals surface area contributed by atoms with Crippen LogP contribution in [0.5, 0.6) is 0 Å². The molecule has 5 nitrogen and oxygen atoms in total. The van der Waals surface area contributed by atoms with Crippen LogP contribution in [0.3, 0.4) is 0 Å². The summed E-state index contributed by atoms with van der Waals surface area (Å²) in [7, 11) is 3.80. The van der Waals surface area contributed by atoms with Crippen LogP contribution in [0.2, 0.25) is 0 Å². The largest absolute Gasteiger partial charge is 0.383 e. The van der Waals surface area contributed by atoms with Gasteiger partial charge < -0.3 is 5.73 Å². The second-order valence-electron chi connectivity index (χ2n) is 5.12. The van der Waals surface area contributed by atoms with Crippen LogP contribution in [0.4, 0.5) is 5.82 Å². The van der Waals surface area contributed by atoms with Crippen molar-refractivity contribution in [3.05, 3.63) is 42.2 Å². The summed E-state index contributed by atoms with van der Waals surface area (Å²) >= 11 is 0. The first-order chi connectivity index (χ1) is 10.1. The fraction of sp³-hybridized carbons (Fsp3) is 0.250. The molecule has 0 spiro atoms. The van der Waals surface area contributed by atoms with Gasteiger partial charge in [-0.3, -0.25) is 9.36 Å². The third kappa shape index (κ3) is 2.20. The summed E-state index contributed by atoms with van der Waals surface area (Å²) < 4.78 is 3.55. The molecule has 0 saturated carbocycles. The third-order valence-electron chi connectivity index (χ3n) is 3.65. The first kappa shape index (κ1) is 13.4. The van der Waals surface area contributed by atoms with Gasteiger partial charge in [-0.05, 0) is 12.0 Å². The zero-order chi connectivity index (χ0) is 15.0. The fourth-order valence-electron chi connectivity index (χ4n) is 2.61. The second kappa shape index (κ2) is 5.09. The number of nitrogens with two attached hydrogens (primary N) is 1. The maximum Gasteiger partial charge on any atom is 0.129 e. The topological polar surface area (TPSA) is 61.7 Å². The van der Waals surface area contributed by atoms with Crippen LogP contribution >= 0.6 is 0 Å². The van der Waals surface area contributed by atoms with Crippen molar-refractivity contribution >= 4 is 5.82 Å². The predicted octanol–water partition coefficient (Wildman–Crippen LogP) is 2.63. The van der Waals surface area contributed by atoms with E-state index in [1.807, 2.05) is 43.2 Å². The Bertz CT molecular complexity index is 768. The van der Waals surface area contributed by atoms with Gasteiger partial charge in [-0.1, -0.05) is 37.3 Å². The van der Waals surface area contributed by atoms with Crippen molar-refractivity contribution in [2.24, 2.45) is 14.1 Å². The summed E-state index contributed by atoms with van der Waals surface area (Å²) in [5.41, 5.74) is 11.3. The highest BCUT2D eigenvalue weighted by molar-refractivity contribution is 5.88. The summed E-state index contributed by atoms with van der Waals surface area (Å²) in [4.78, 5) is 0. The lowest BCUT2D eigenvalue weighted by molar-refractivity contribution is 0.746. The third-order valence-corrected chi connectivity index (χ3v) is 3.65. The molecule has 2 heterocycles. The smallest absolute Gasteiger partial charge is 0.129 e. The van der Waals surface area contributed by atoms with E-state index in [0.29, 0.717) is 5.82 Å². The van der Waals surface area contributed by atoms with Crippen LogP contribution in [-0.4, -0.2) is 19.6 Å². The van der Waals surface area contributed by atoms with Gasteiger partial charge >= 0.3 is 0 Å². The Kier molecular flexibility index (Phi) is 3.25. The highest BCUT2D eigenvalue weighted by atomic mass is 15.3. The van der Waals surface area contributed by atoms with E-state index in [-0.39, 0.29) is 0 Å². The zero-order valence-corrected chi connectivity index (χ0v) is 12.5. The summed E-state index contributed by atoms with van der Waals surface area (Å²) in [5, 5.41) is 9.12. The number of rotatable bonds is 3. The Labute approximate surface area is 124 Å². The number of nitrogens with zero attached hydrogens (tertiary/aromatic N) is 4.